The quantitative estimate of drug-likeness (QED) is 0.0364. The molecule has 16 atom stereocenters. The fourth-order valence-electron chi connectivity index (χ4n) is 10.9. The van der Waals surface area contributed by atoms with E-state index in [-0.39, 0.29) is 120 Å². The van der Waals surface area contributed by atoms with Gasteiger partial charge in [0.05, 0.1) is 83.3 Å². The molecule has 0 saturated carbocycles. The number of rotatable bonds is 53. The number of carbonyl (C=O) groups excluding carboxylic acids is 6. The van der Waals surface area contributed by atoms with Crippen LogP contribution in [0.3, 0.4) is 0 Å². The minimum absolute atomic E-state index is 0.0204. The third-order valence-corrected chi connectivity index (χ3v) is 16.7. The molecule has 0 aromatic rings. The molecule has 3 aliphatic heterocycles. The van der Waals surface area contributed by atoms with Crippen molar-refractivity contribution in [3.05, 3.63) is 0 Å². The van der Waals surface area contributed by atoms with Crippen LogP contribution in [-0.4, -0.2) is 265 Å². The van der Waals surface area contributed by atoms with Crippen molar-refractivity contribution in [1.82, 2.24) is 21.3 Å². The zero-order valence-corrected chi connectivity index (χ0v) is 55.3. The van der Waals surface area contributed by atoms with Crippen LogP contribution in [0.15, 0.2) is 0 Å². The summed E-state index contributed by atoms with van der Waals surface area (Å²) in [5, 5.41) is 101. The van der Waals surface area contributed by atoms with Crippen LogP contribution in [0.5, 0.6) is 0 Å². The summed E-state index contributed by atoms with van der Waals surface area (Å²) >= 11 is 0. The third kappa shape index (κ3) is 32.6. The summed E-state index contributed by atoms with van der Waals surface area (Å²) in [5.41, 5.74) is -0.935. The van der Waals surface area contributed by atoms with E-state index >= 15 is 0 Å². The molecule has 28 nitrogen and oxygen atoms in total. The second kappa shape index (κ2) is 47.6. The Morgan fingerprint density at radius 1 is 0.380 bits per heavy atom. The molecule has 0 radical (unpaired) electrons. The highest BCUT2D eigenvalue weighted by molar-refractivity contribution is 5.79. The maximum atomic E-state index is 12.9. The molecule has 13 N–H and O–H groups in total. The Hall–Kier alpha value is -3.34. The smallest absolute Gasteiger partial charge is 0.222 e. The molecular formula is C64H116N4O24. The molecule has 3 rings (SSSR count). The molecule has 3 aliphatic rings. The van der Waals surface area contributed by atoms with Crippen LogP contribution >= 0.6 is 0 Å². The average Bonchev–Trinajstić information content (AvgIpc) is 0.908. The molecule has 536 valence electrons. The third-order valence-electron chi connectivity index (χ3n) is 16.7. The summed E-state index contributed by atoms with van der Waals surface area (Å²) in [5.74, 6) is -1.86. The number of Topliss-reactive ketones (excluding diaryl/α,β-unsaturated/α-hetero) is 3. The predicted molar refractivity (Wildman–Crippen MR) is 333 cm³/mol. The Morgan fingerprint density at radius 2 is 0.685 bits per heavy atom. The van der Waals surface area contributed by atoms with Crippen LogP contribution < -0.4 is 21.3 Å². The highest BCUT2D eigenvalue weighted by Crippen LogP contribution is 2.30. The molecule has 3 heterocycles. The minimum atomic E-state index is -1.21. The lowest BCUT2D eigenvalue weighted by Crippen LogP contribution is -2.59. The van der Waals surface area contributed by atoms with E-state index in [4.69, 9.17) is 42.6 Å². The predicted octanol–water partition coefficient (Wildman–Crippen LogP) is 0.296. The molecule has 0 aromatic carbocycles. The Kier molecular flexibility index (Phi) is 42.8. The van der Waals surface area contributed by atoms with Crippen LogP contribution in [0.25, 0.3) is 0 Å². The number of carbonyl (C=O) groups is 6. The van der Waals surface area contributed by atoms with E-state index in [1.54, 1.807) is 20.8 Å². The average molecular weight is 1330 g/mol. The van der Waals surface area contributed by atoms with Gasteiger partial charge in [0.2, 0.25) is 17.7 Å². The SMILES string of the molecule is CC(C)NC(COCCC(=O)CCCCCC(=O)CCCCOC1OC(CO)C(O)C(O)C1C)(COCCC(=O)NCCCCC(=O)CCCCOC1OC(CO)C(O)C(O)C1C)COCCC(=O)NCCCNC(=O)CCCCOC1OC(CO)C(O)C(O)C1C. The van der Waals surface area contributed by atoms with E-state index in [9.17, 15) is 74.7 Å². The number of aliphatic hydroxyl groups is 9. The van der Waals surface area contributed by atoms with Gasteiger partial charge in [0, 0.05) is 121 Å². The van der Waals surface area contributed by atoms with Crippen molar-refractivity contribution in [2.75, 3.05) is 98.9 Å². The Morgan fingerprint density at radius 3 is 1.04 bits per heavy atom. The van der Waals surface area contributed by atoms with E-state index in [1.165, 1.54) is 0 Å². The number of hydrogen-bond donors (Lipinski definition) is 13. The lowest BCUT2D eigenvalue weighted by Gasteiger charge is -2.40. The molecule has 0 aliphatic carbocycles. The van der Waals surface area contributed by atoms with Crippen LogP contribution in [0.4, 0.5) is 0 Å². The zero-order valence-electron chi connectivity index (χ0n) is 55.3. The van der Waals surface area contributed by atoms with Crippen LogP contribution in [-0.2, 0) is 71.4 Å². The highest BCUT2D eigenvalue weighted by atomic mass is 16.7. The molecular weight excluding hydrogens is 1210 g/mol. The fourth-order valence-corrected chi connectivity index (χ4v) is 10.9. The monoisotopic (exact) mass is 1320 g/mol. The van der Waals surface area contributed by atoms with Crippen molar-refractivity contribution in [2.45, 2.75) is 255 Å². The Labute approximate surface area is 543 Å². The Bertz CT molecular complexity index is 1830. The summed E-state index contributed by atoms with van der Waals surface area (Å²) in [6.45, 7) is 10.00. The second-order valence-corrected chi connectivity index (χ2v) is 25.2. The van der Waals surface area contributed by atoms with Crippen molar-refractivity contribution in [3.8, 4) is 0 Å². The number of ketones is 3. The summed E-state index contributed by atoms with van der Waals surface area (Å²) in [6, 6.07) is -0.0766. The van der Waals surface area contributed by atoms with Gasteiger partial charge in [0.1, 0.15) is 54.0 Å². The van der Waals surface area contributed by atoms with Gasteiger partial charge in [-0.3, -0.25) is 28.8 Å². The van der Waals surface area contributed by atoms with Gasteiger partial charge < -0.3 is 110 Å². The van der Waals surface area contributed by atoms with Gasteiger partial charge in [-0.1, -0.05) is 41.0 Å². The summed E-state index contributed by atoms with van der Waals surface area (Å²) in [7, 11) is 0. The van der Waals surface area contributed by atoms with E-state index in [0.717, 1.165) is 0 Å². The van der Waals surface area contributed by atoms with Gasteiger partial charge in [-0.2, -0.15) is 0 Å². The molecule has 3 amide bonds. The highest BCUT2D eigenvalue weighted by Gasteiger charge is 2.45. The molecule has 3 saturated heterocycles. The van der Waals surface area contributed by atoms with Crippen molar-refractivity contribution < 1.29 is 117 Å². The first-order valence-corrected chi connectivity index (χ1v) is 33.6. The van der Waals surface area contributed by atoms with Gasteiger partial charge in [0.15, 0.2) is 18.9 Å². The maximum Gasteiger partial charge on any atom is 0.222 e. The summed E-state index contributed by atoms with van der Waals surface area (Å²) < 4.78 is 52.2. The number of ether oxygens (including phenoxy) is 9. The molecule has 0 aromatic heterocycles. The van der Waals surface area contributed by atoms with E-state index in [0.29, 0.717) is 135 Å². The first-order valence-electron chi connectivity index (χ1n) is 33.6. The largest absolute Gasteiger partial charge is 0.394 e. The van der Waals surface area contributed by atoms with Gasteiger partial charge in [-0.15, -0.1) is 0 Å². The van der Waals surface area contributed by atoms with Gasteiger partial charge in [-0.25, -0.2) is 0 Å². The van der Waals surface area contributed by atoms with Crippen molar-refractivity contribution in [3.63, 3.8) is 0 Å². The molecule has 0 spiro atoms. The van der Waals surface area contributed by atoms with Gasteiger partial charge >= 0.3 is 0 Å². The molecule has 28 heteroatoms. The normalized spacial score (nSPS) is 27.4. The van der Waals surface area contributed by atoms with E-state index in [2.05, 4.69) is 21.3 Å². The number of hydrogen-bond acceptors (Lipinski definition) is 25. The number of aliphatic hydroxyl groups excluding tert-OH is 9. The Balaban J connectivity index is 1.36. The molecule has 92 heavy (non-hydrogen) atoms. The van der Waals surface area contributed by atoms with Crippen molar-refractivity contribution in [2.24, 2.45) is 17.8 Å². The first kappa shape index (κ1) is 82.9. The van der Waals surface area contributed by atoms with E-state index < -0.39 is 117 Å². The topological polar surface area (TPSA) is 416 Å². The molecule has 0 bridgehead atoms. The number of amides is 3. The lowest BCUT2D eigenvalue weighted by molar-refractivity contribution is -0.282. The number of unbranched alkanes of at least 4 members (excludes halogenated alkanes) is 6. The lowest BCUT2D eigenvalue weighted by atomic mass is 9.92. The second-order valence-electron chi connectivity index (χ2n) is 25.2. The molecule has 16 unspecified atom stereocenters. The van der Waals surface area contributed by atoms with Crippen molar-refractivity contribution in [1.29, 1.82) is 0 Å². The maximum absolute atomic E-state index is 12.9. The fraction of sp³-hybridized carbons (Fsp3) is 0.906. The van der Waals surface area contributed by atoms with Crippen molar-refractivity contribution >= 4 is 35.1 Å². The van der Waals surface area contributed by atoms with Gasteiger partial charge in [0.25, 0.3) is 0 Å². The van der Waals surface area contributed by atoms with Crippen LogP contribution in [0.2, 0.25) is 0 Å². The number of nitrogens with one attached hydrogen (secondary N) is 4. The van der Waals surface area contributed by atoms with Crippen LogP contribution in [0, 0.1) is 17.8 Å². The first-order chi connectivity index (χ1) is 44.1. The van der Waals surface area contributed by atoms with E-state index in [1.807, 2.05) is 13.8 Å². The van der Waals surface area contributed by atoms with Gasteiger partial charge in [-0.05, 0) is 70.6 Å². The minimum Gasteiger partial charge on any atom is -0.394 e. The van der Waals surface area contributed by atoms with Crippen LogP contribution in [0.1, 0.15) is 169 Å². The summed E-state index contributed by atoms with van der Waals surface area (Å²) in [6.07, 6.45) is -2.46. The zero-order chi connectivity index (χ0) is 67.8. The molecule has 3 fully saturated rings. The standard InChI is InChI=1S/C64H116N4O24/c1-42(2)68-64(39-84-33-24-48(74)19-8-6-7-18-46(72)21-10-14-30-87-61-43(3)55(78)58(81)49(36-69)90-61,40-85-34-25-53(76)65-27-13-9-20-47(73)22-11-15-31-88-62-44(4)56(79)59(82)50(37-70)91-62)41-86-35-26-54(77)67-29-17-28-66-52(75)23-12-16-32-89-63-45(5)57(80)60(83)51(38-71)92-63/h42-45,49-51,55-63,68-71,78-83H,6-41H2,1-5H3,(H,65,76)(H,66,75)(H,67,77). The summed E-state index contributed by atoms with van der Waals surface area (Å²) in [4.78, 5) is 76.0.